The fourth-order valence-corrected chi connectivity index (χ4v) is 1.64. The van der Waals surface area contributed by atoms with Crippen LogP contribution in [-0.4, -0.2) is 47.0 Å². The number of rotatable bonds is 5. The van der Waals surface area contributed by atoms with Gasteiger partial charge < -0.3 is 10.2 Å². The molecule has 0 aromatic carbocycles. The summed E-state index contributed by atoms with van der Waals surface area (Å²) < 4.78 is 0. The molecule has 0 aliphatic carbocycles. The number of carbonyl (C=O) groups is 2. The summed E-state index contributed by atoms with van der Waals surface area (Å²) in [7, 11) is 1.50. The van der Waals surface area contributed by atoms with E-state index < -0.39 is 5.91 Å². The molecule has 8 heteroatoms. The number of hydrogen-bond donors (Lipinski definition) is 1. The molecule has 0 bridgehead atoms. The normalized spacial score (nSPS) is 10.1. The number of hydrogen-bond acceptors (Lipinski definition) is 4. The summed E-state index contributed by atoms with van der Waals surface area (Å²) in [6, 6.07) is 1.32. The average Bonchev–Trinajstić information content (AvgIpc) is 2.38. The van der Waals surface area contributed by atoms with E-state index in [9.17, 15) is 9.59 Å². The van der Waals surface area contributed by atoms with Crippen molar-refractivity contribution in [1.82, 2.24) is 20.4 Å². The van der Waals surface area contributed by atoms with Crippen molar-refractivity contribution in [3.05, 3.63) is 21.9 Å². The molecule has 0 aliphatic rings. The monoisotopic (exact) mass is 304 g/mol. The summed E-state index contributed by atoms with van der Waals surface area (Å²) in [4.78, 5) is 24.8. The molecular weight excluding hydrogens is 291 g/mol. The van der Waals surface area contributed by atoms with E-state index in [2.05, 4.69) is 15.5 Å². The third-order valence-corrected chi connectivity index (χ3v) is 2.71. The van der Waals surface area contributed by atoms with Crippen LogP contribution in [0.1, 0.15) is 23.7 Å². The van der Waals surface area contributed by atoms with Gasteiger partial charge in [0, 0.05) is 13.6 Å². The first-order valence-corrected chi connectivity index (χ1v) is 6.42. The summed E-state index contributed by atoms with van der Waals surface area (Å²) in [5.41, 5.74) is 0.118. The molecule has 0 radical (unpaired) electrons. The van der Waals surface area contributed by atoms with Crippen LogP contribution >= 0.6 is 23.2 Å². The number of nitrogens with zero attached hydrogens (tertiary/aromatic N) is 3. The molecule has 0 fully saturated rings. The van der Waals surface area contributed by atoms with Crippen LogP contribution in [0.3, 0.4) is 0 Å². The lowest BCUT2D eigenvalue weighted by Crippen LogP contribution is -2.38. The predicted octanol–water partition coefficient (Wildman–Crippen LogP) is 1.38. The van der Waals surface area contributed by atoms with E-state index in [1.165, 1.54) is 18.0 Å². The van der Waals surface area contributed by atoms with E-state index in [0.29, 0.717) is 6.54 Å². The standard InChI is InChI=1S/C11H14Cl2N4O2/c1-3-4-14-9(18)6-17(2)11(19)7-5-8(12)15-16-10(7)13/h5H,3-4,6H2,1-2H3,(H,14,18). The van der Waals surface area contributed by atoms with Crippen molar-refractivity contribution >= 4 is 35.0 Å². The Morgan fingerprint density at radius 2 is 2.05 bits per heavy atom. The maximum absolute atomic E-state index is 12.1. The molecule has 1 heterocycles. The Bertz CT molecular complexity index is 482. The van der Waals surface area contributed by atoms with E-state index in [1.807, 2.05) is 6.92 Å². The lowest BCUT2D eigenvalue weighted by Gasteiger charge is -2.17. The van der Waals surface area contributed by atoms with Gasteiger partial charge in [-0.15, -0.1) is 10.2 Å². The van der Waals surface area contributed by atoms with Crippen LogP contribution in [0, 0.1) is 0 Å². The highest BCUT2D eigenvalue weighted by molar-refractivity contribution is 6.34. The number of halogens is 2. The Balaban J connectivity index is 2.71. The molecule has 1 rings (SSSR count). The quantitative estimate of drug-likeness (QED) is 0.892. The fourth-order valence-electron chi connectivity index (χ4n) is 1.32. The zero-order valence-electron chi connectivity index (χ0n) is 10.6. The largest absolute Gasteiger partial charge is 0.355 e. The smallest absolute Gasteiger partial charge is 0.257 e. The van der Waals surface area contributed by atoms with Crippen LogP contribution in [0.2, 0.25) is 10.3 Å². The van der Waals surface area contributed by atoms with Crippen molar-refractivity contribution in [1.29, 1.82) is 0 Å². The van der Waals surface area contributed by atoms with Crippen molar-refractivity contribution in [2.45, 2.75) is 13.3 Å². The highest BCUT2D eigenvalue weighted by Gasteiger charge is 2.19. The topological polar surface area (TPSA) is 75.2 Å². The summed E-state index contributed by atoms with van der Waals surface area (Å²) >= 11 is 11.4. The molecule has 1 aromatic rings. The SMILES string of the molecule is CCCNC(=O)CN(C)C(=O)c1cc(Cl)nnc1Cl. The van der Waals surface area contributed by atoms with E-state index in [-0.39, 0.29) is 28.3 Å². The van der Waals surface area contributed by atoms with Gasteiger partial charge in [-0.1, -0.05) is 30.1 Å². The second-order valence-corrected chi connectivity index (χ2v) is 4.63. The van der Waals surface area contributed by atoms with E-state index in [4.69, 9.17) is 23.2 Å². The summed E-state index contributed by atoms with van der Waals surface area (Å²) in [5, 5.41) is 9.76. The van der Waals surface area contributed by atoms with Crippen LogP contribution in [0.25, 0.3) is 0 Å². The Morgan fingerprint density at radius 1 is 1.37 bits per heavy atom. The molecule has 0 unspecified atom stereocenters. The van der Waals surface area contributed by atoms with Crippen LogP contribution in [-0.2, 0) is 4.79 Å². The van der Waals surface area contributed by atoms with E-state index in [0.717, 1.165) is 6.42 Å². The molecule has 2 amide bonds. The zero-order chi connectivity index (χ0) is 14.4. The van der Waals surface area contributed by atoms with Gasteiger partial charge in [-0.05, 0) is 12.5 Å². The Hall–Kier alpha value is -1.40. The maximum atomic E-state index is 12.1. The van der Waals surface area contributed by atoms with Crippen LogP contribution in [0.5, 0.6) is 0 Å². The predicted molar refractivity (Wildman–Crippen MR) is 72.3 cm³/mol. The summed E-state index contributed by atoms with van der Waals surface area (Å²) in [6.07, 6.45) is 0.832. The number of nitrogens with one attached hydrogen (secondary N) is 1. The number of aromatic nitrogens is 2. The lowest BCUT2D eigenvalue weighted by atomic mass is 10.2. The molecule has 0 spiro atoms. The van der Waals surface area contributed by atoms with Crippen molar-refractivity contribution < 1.29 is 9.59 Å². The van der Waals surface area contributed by atoms with Gasteiger partial charge in [0.25, 0.3) is 5.91 Å². The average molecular weight is 305 g/mol. The second kappa shape index (κ2) is 7.25. The Labute approximate surface area is 121 Å². The fraction of sp³-hybridized carbons (Fsp3) is 0.455. The molecule has 0 atom stereocenters. The van der Waals surface area contributed by atoms with Crippen LogP contribution in [0.4, 0.5) is 0 Å². The third kappa shape index (κ3) is 4.65. The maximum Gasteiger partial charge on any atom is 0.257 e. The molecule has 104 valence electrons. The Kier molecular flexibility index (Phi) is 5.98. The van der Waals surface area contributed by atoms with Crippen molar-refractivity contribution in [2.75, 3.05) is 20.1 Å². The van der Waals surface area contributed by atoms with E-state index >= 15 is 0 Å². The zero-order valence-corrected chi connectivity index (χ0v) is 12.1. The molecule has 1 aromatic heterocycles. The summed E-state index contributed by atoms with van der Waals surface area (Å²) in [6.45, 7) is 2.46. The van der Waals surface area contributed by atoms with Crippen molar-refractivity contribution in [3.63, 3.8) is 0 Å². The number of amides is 2. The van der Waals surface area contributed by atoms with Gasteiger partial charge in [-0.3, -0.25) is 9.59 Å². The van der Waals surface area contributed by atoms with Gasteiger partial charge in [0.2, 0.25) is 5.91 Å². The molecule has 0 saturated carbocycles. The second-order valence-electron chi connectivity index (χ2n) is 3.88. The van der Waals surface area contributed by atoms with Crippen molar-refractivity contribution in [3.8, 4) is 0 Å². The highest BCUT2D eigenvalue weighted by atomic mass is 35.5. The molecule has 1 N–H and O–H groups in total. The van der Waals surface area contributed by atoms with Crippen molar-refractivity contribution in [2.24, 2.45) is 0 Å². The van der Waals surface area contributed by atoms with Crippen LogP contribution < -0.4 is 5.32 Å². The van der Waals surface area contributed by atoms with Gasteiger partial charge >= 0.3 is 0 Å². The molecule has 0 aliphatic heterocycles. The first-order valence-electron chi connectivity index (χ1n) is 5.66. The lowest BCUT2D eigenvalue weighted by molar-refractivity contribution is -0.121. The van der Waals surface area contributed by atoms with Gasteiger partial charge in [0.1, 0.15) is 0 Å². The van der Waals surface area contributed by atoms with Crippen LogP contribution in [0.15, 0.2) is 6.07 Å². The molecule has 0 saturated heterocycles. The highest BCUT2D eigenvalue weighted by Crippen LogP contribution is 2.16. The first-order chi connectivity index (χ1) is 8.95. The Morgan fingerprint density at radius 3 is 2.68 bits per heavy atom. The number of carbonyl (C=O) groups excluding carboxylic acids is 2. The van der Waals surface area contributed by atoms with Gasteiger partial charge in [-0.2, -0.15) is 0 Å². The minimum absolute atomic E-state index is 0.0461. The van der Waals surface area contributed by atoms with Gasteiger partial charge in [-0.25, -0.2) is 0 Å². The minimum atomic E-state index is -0.437. The summed E-state index contributed by atoms with van der Waals surface area (Å²) in [5.74, 6) is -0.671. The van der Waals surface area contributed by atoms with Gasteiger partial charge in [0.05, 0.1) is 12.1 Å². The first kappa shape index (κ1) is 15.7. The molecule has 6 nitrogen and oxygen atoms in total. The molecule has 19 heavy (non-hydrogen) atoms. The third-order valence-electron chi connectivity index (χ3n) is 2.25. The van der Waals surface area contributed by atoms with E-state index in [1.54, 1.807) is 0 Å². The molecular formula is C11H14Cl2N4O2. The minimum Gasteiger partial charge on any atom is -0.355 e. The number of likely N-dealkylation sites (N-methyl/N-ethyl adjacent to an activating group) is 1. The van der Waals surface area contributed by atoms with Gasteiger partial charge in [0.15, 0.2) is 10.3 Å².